The Labute approximate surface area is 191 Å². The molecule has 6 nitrogen and oxygen atoms in total. The van der Waals surface area contributed by atoms with Crippen LogP contribution in [0.2, 0.25) is 0 Å². The molecule has 0 radical (unpaired) electrons. The zero-order chi connectivity index (χ0) is 23.2. The Bertz CT molecular complexity index is 1240. The maximum Gasteiger partial charge on any atom is 0.224 e. The van der Waals surface area contributed by atoms with Crippen LogP contribution in [0.5, 0.6) is 11.5 Å². The molecule has 1 amide bonds. The molecule has 4 rings (SSSR count). The Morgan fingerprint density at radius 3 is 2.45 bits per heavy atom. The lowest BCUT2D eigenvalue weighted by Crippen LogP contribution is -2.12. The van der Waals surface area contributed by atoms with E-state index in [0.717, 1.165) is 16.8 Å². The van der Waals surface area contributed by atoms with Crippen molar-refractivity contribution in [2.24, 2.45) is 0 Å². The minimum Gasteiger partial charge on any atom is -0.497 e. The van der Waals surface area contributed by atoms with Gasteiger partial charge in [0.15, 0.2) is 0 Å². The van der Waals surface area contributed by atoms with Crippen LogP contribution in [0.1, 0.15) is 12.0 Å². The molecule has 0 spiro atoms. The maximum atomic E-state index is 13.1. The van der Waals surface area contributed by atoms with Gasteiger partial charge in [-0.3, -0.25) is 4.79 Å². The third-order valence-electron chi connectivity index (χ3n) is 5.22. The van der Waals surface area contributed by atoms with E-state index in [4.69, 9.17) is 14.6 Å². The summed E-state index contributed by atoms with van der Waals surface area (Å²) in [6.45, 7) is 0. The molecular formula is C26H24FN3O3. The number of hydrogen-bond donors (Lipinski definition) is 1. The molecule has 3 aromatic carbocycles. The molecule has 0 aliphatic carbocycles. The van der Waals surface area contributed by atoms with Crippen molar-refractivity contribution in [2.75, 3.05) is 19.5 Å². The Kier molecular flexibility index (Phi) is 6.69. The van der Waals surface area contributed by atoms with Crippen molar-refractivity contribution in [3.63, 3.8) is 0 Å². The van der Waals surface area contributed by atoms with Crippen molar-refractivity contribution in [2.45, 2.75) is 12.8 Å². The number of hydrogen-bond acceptors (Lipinski definition) is 4. The maximum absolute atomic E-state index is 13.1. The van der Waals surface area contributed by atoms with E-state index in [9.17, 15) is 9.18 Å². The molecule has 0 aliphatic rings. The van der Waals surface area contributed by atoms with Gasteiger partial charge in [-0.05, 0) is 66.6 Å². The molecule has 1 aromatic heterocycles. The number of anilines is 1. The minimum atomic E-state index is -0.349. The molecule has 1 N–H and O–H groups in total. The van der Waals surface area contributed by atoms with Crippen molar-refractivity contribution in [3.8, 4) is 28.4 Å². The molecule has 33 heavy (non-hydrogen) atoms. The number of carbonyl (C=O) groups is 1. The van der Waals surface area contributed by atoms with Crippen LogP contribution in [0, 0.1) is 5.82 Å². The lowest BCUT2D eigenvalue weighted by atomic mass is 10.0. The number of para-hydroxylation sites is 1. The van der Waals surface area contributed by atoms with E-state index in [1.54, 1.807) is 18.9 Å². The monoisotopic (exact) mass is 445 g/mol. The van der Waals surface area contributed by atoms with Gasteiger partial charge in [-0.2, -0.15) is 5.10 Å². The molecule has 7 heteroatoms. The van der Waals surface area contributed by atoms with Crippen LogP contribution >= 0.6 is 0 Å². The van der Waals surface area contributed by atoms with Crippen molar-refractivity contribution in [1.82, 2.24) is 9.78 Å². The Morgan fingerprint density at radius 1 is 1.00 bits per heavy atom. The number of nitrogens with one attached hydrogen (secondary N) is 1. The minimum absolute atomic E-state index is 0.169. The van der Waals surface area contributed by atoms with Gasteiger partial charge in [-0.25, -0.2) is 9.07 Å². The molecule has 4 aromatic rings. The largest absolute Gasteiger partial charge is 0.497 e. The van der Waals surface area contributed by atoms with Gasteiger partial charge in [0.05, 0.1) is 25.6 Å². The summed E-state index contributed by atoms with van der Waals surface area (Å²) in [5.74, 6) is 0.821. The lowest BCUT2D eigenvalue weighted by Gasteiger charge is -2.10. The quantitative estimate of drug-likeness (QED) is 0.401. The van der Waals surface area contributed by atoms with E-state index in [2.05, 4.69) is 5.32 Å². The number of carbonyl (C=O) groups excluding carboxylic acids is 1. The van der Waals surface area contributed by atoms with Gasteiger partial charge < -0.3 is 14.8 Å². The molecule has 1 heterocycles. The van der Waals surface area contributed by atoms with E-state index in [1.807, 2.05) is 54.7 Å². The third-order valence-corrected chi connectivity index (χ3v) is 5.22. The SMILES string of the molecule is COc1ccc(OC)c(-c2nn(-c3ccccc3)cc2CCC(=O)Nc2ccc(F)cc2)c1. The van der Waals surface area contributed by atoms with E-state index >= 15 is 0 Å². The number of amides is 1. The Hall–Kier alpha value is -4.13. The first-order chi connectivity index (χ1) is 16.1. The summed E-state index contributed by atoms with van der Waals surface area (Å²) in [7, 11) is 3.21. The number of rotatable bonds is 8. The summed E-state index contributed by atoms with van der Waals surface area (Å²) in [6.07, 6.45) is 2.61. The Morgan fingerprint density at radius 2 is 1.76 bits per heavy atom. The molecule has 0 bridgehead atoms. The smallest absolute Gasteiger partial charge is 0.224 e. The summed E-state index contributed by atoms with van der Waals surface area (Å²) in [5, 5.41) is 7.61. The molecule has 0 fully saturated rings. The Balaban J connectivity index is 1.64. The first kappa shape index (κ1) is 22.1. The van der Waals surface area contributed by atoms with Gasteiger partial charge in [-0.1, -0.05) is 18.2 Å². The summed E-state index contributed by atoms with van der Waals surface area (Å²) >= 11 is 0. The van der Waals surface area contributed by atoms with E-state index in [1.165, 1.54) is 24.3 Å². The van der Waals surface area contributed by atoms with Crippen LogP contribution in [0.3, 0.4) is 0 Å². The second kappa shape index (κ2) is 9.99. The van der Waals surface area contributed by atoms with Gasteiger partial charge in [-0.15, -0.1) is 0 Å². The molecule has 0 unspecified atom stereocenters. The second-order valence-corrected chi connectivity index (χ2v) is 7.40. The lowest BCUT2D eigenvalue weighted by molar-refractivity contribution is -0.116. The summed E-state index contributed by atoms with van der Waals surface area (Å²) < 4.78 is 25.9. The van der Waals surface area contributed by atoms with Crippen LogP contribution < -0.4 is 14.8 Å². The predicted molar refractivity (Wildman–Crippen MR) is 125 cm³/mol. The standard InChI is InChI=1S/C26H24FN3O3/c1-32-22-13-14-24(33-2)23(16-22)26-18(17-30(29-26)21-6-4-3-5-7-21)8-15-25(31)28-20-11-9-19(27)10-12-20/h3-7,9-14,16-17H,8,15H2,1-2H3,(H,28,31). The number of nitrogens with zero attached hydrogens (tertiary/aromatic N) is 2. The number of ether oxygens (including phenoxy) is 2. The molecule has 0 atom stereocenters. The highest BCUT2D eigenvalue weighted by molar-refractivity contribution is 5.91. The van der Waals surface area contributed by atoms with Gasteiger partial charge in [0.1, 0.15) is 17.3 Å². The molecular weight excluding hydrogens is 421 g/mol. The van der Waals surface area contributed by atoms with Crippen molar-refractivity contribution >= 4 is 11.6 Å². The van der Waals surface area contributed by atoms with E-state index < -0.39 is 0 Å². The highest BCUT2D eigenvalue weighted by atomic mass is 19.1. The first-order valence-electron chi connectivity index (χ1n) is 10.5. The van der Waals surface area contributed by atoms with Gasteiger partial charge in [0, 0.05) is 23.9 Å². The molecule has 0 aliphatic heterocycles. The average Bonchev–Trinajstić information content (AvgIpc) is 3.28. The summed E-state index contributed by atoms with van der Waals surface area (Å²) in [5.41, 5.74) is 3.84. The predicted octanol–water partition coefficient (Wildman–Crippen LogP) is 5.27. The molecule has 0 saturated carbocycles. The fraction of sp³-hybridized carbons (Fsp3) is 0.154. The first-order valence-corrected chi connectivity index (χ1v) is 10.5. The number of methoxy groups -OCH3 is 2. The van der Waals surface area contributed by atoms with Gasteiger partial charge in [0.25, 0.3) is 0 Å². The number of benzene rings is 3. The number of halogens is 1. The van der Waals surface area contributed by atoms with E-state index in [-0.39, 0.29) is 18.1 Å². The third kappa shape index (κ3) is 5.20. The highest BCUT2D eigenvalue weighted by Crippen LogP contribution is 2.35. The van der Waals surface area contributed by atoms with Crippen LogP contribution in [-0.2, 0) is 11.2 Å². The second-order valence-electron chi connectivity index (χ2n) is 7.40. The average molecular weight is 445 g/mol. The topological polar surface area (TPSA) is 65.4 Å². The highest BCUT2D eigenvalue weighted by Gasteiger charge is 2.18. The van der Waals surface area contributed by atoms with Crippen LogP contribution in [0.25, 0.3) is 16.9 Å². The van der Waals surface area contributed by atoms with Crippen LogP contribution in [0.15, 0.2) is 79.0 Å². The molecule has 168 valence electrons. The summed E-state index contributed by atoms with van der Waals surface area (Å²) in [4.78, 5) is 12.5. The summed E-state index contributed by atoms with van der Waals surface area (Å²) in [6, 6.07) is 21.0. The normalized spacial score (nSPS) is 10.6. The van der Waals surface area contributed by atoms with Gasteiger partial charge >= 0.3 is 0 Å². The van der Waals surface area contributed by atoms with Crippen LogP contribution in [0.4, 0.5) is 10.1 Å². The van der Waals surface area contributed by atoms with Gasteiger partial charge in [0.2, 0.25) is 5.91 Å². The van der Waals surface area contributed by atoms with Crippen molar-refractivity contribution in [3.05, 3.63) is 90.4 Å². The van der Waals surface area contributed by atoms with Crippen molar-refractivity contribution < 1.29 is 18.7 Å². The van der Waals surface area contributed by atoms with Crippen molar-refractivity contribution in [1.29, 1.82) is 0 Å². The number of aryl methyl sites for hydroxylation is 1. The fourth-order valence-electron chi connectivity index (χ4n) is 3.54. The molecule has 0 saturated heterocycles. The van der Waals surface area contributed by atoms with Crippen LogP contribution in [-0.4, -0.2) is 29.9 Å². The number of aromatic nitrogens is 2. The fourth-order valence-corrected chi connectivity index (χ4v) is 3.54. The zero-order valence-corrected chi connectivity index (χ0v) is 18.4. The zero-order valence-electron chi connectivity index (χ0n) is 18.4. The van der Waals surface area contributed by atoms with E-state index in [0.29, 0.717) is 29.3 Å².